The Labute approximate surface area is 173 Å². The Morgan fingerprint density at radius 3 is 2.65 bits per heavy atom. The molecule has 0 bridgehead atoms. The van der Waals surface area contributed by atoms with Crippen molar-refractivity contribution in [2.45, 2.75) is 30.7 Å². The molecule has 0 saturated carbocycles. The fourth-order valence-corrected chi connectivity index (χ4v) is 3.17. The second-order valence-electron chi connectivity index (χ2n) is 6.83. The zero-order valence-corrected chi connectivity index (χ0v) is 16.1. The molecule has 0 fully saturated rings. The monoisotopic (exact) mass is 444 g/mol. The highest BCUT2D eigenvalue weighted by atomic mass is 19.4. The van der Waals surface area contributed by atoms with E-state index in [-0.39, 0.29) is 23.6 Å². The molecule has 1 aromatic carbocycles. The van der Waals surface area contributed by atoms with Gasteiger partial charge in [0.15, 0.2) is 11.9 Å². The molecule has 0 unspecified atom stereocenters. The first-order chi connectivity index (χ1) is 14.6. The number of Topliss-reactive ketones (excluding diaryl/α,β-unsaturated/α-hetero) is 1. The maximum atomic E-state index is 14.6. The first kappa shape index (κ1) is 22.4. The Hall–Kier alpha value is -3.31. The van der Waals surface area contributed by atoms with Crippen LogP contribution in [0.2, 0.25) is 0 Å². The molecule has 2 aromatic rings. The van der Waals surface area contributed by atoms with Crippen molar-refractivity contribution < 1.29 is 36.2 Å². The summed E-state index contributed by atoms with van der Waals surface area (Å²) in [7, 11) is 1.38. The predicted molar refractivity (Wildman–Crippen MR) is 97.8 cm³/mol. The number of methoxy groups -OCH3 is 1. The van der Waals surface area contributed by atoms with Crippen molar-refractivity contribution in [2.75, 3.05) is 13.8 Å². The van der Waals surface area contributed by atoms with Crippen LogP contribution in [-0.4, -0.2) is 47.8 Å². The molecule has 7 nitrogen and oxygen atoms in total. The van der Waals surface area contributed by atoms with E-state index in [2.05, 4.69) is 19.7 Å². The third-order valence-electron chi connectivity index (χ3n) is 4.72. The summed E-state index contributed by atoms with van der Waals surface area (Å²) in [6.07, 6.45) is -6.19. The molecule has 0 saturated heterocycles. The maximum Gasteiger partial charge on any atom is 0.425 e. The summed E-state index contributed by atoms with van der Waals surface area (Å²) in [4.78, 5) is 23.9. The van der Waals surface area contributed by atoms with Gasteiger partial charge in [0, 0.05) is 18.4 Å². The molecule has 2 N–H and O–H groups in total. The number of hydrogen-bond donors (Lipinski definition) is 1. The van der Waals surface area contributed by atoms with E-state index >= 15 is 0 Å². The quantitative estimate of drug-likeness (QED) is 0.543. The standard InChI is InChI=1S/C19H17F5N4O3/c1-30-16-8-26-13(7-27-16)14(29)5-10-2-3-12(21)11(4-10)18(9-20)6-15(19(22,23)24)31-17(25)28-18/h2-4,7-8,15H,5-6,9H2,1H3,(H2,25,28)/t15-,18+/m0/s1. The predicted octanol–water partition coefficient (Wildman–Crippen LogP) is 2.88. The van der Waals surface area contributed by atoms with Crippen LogP contribution < -0.4 is 10.5 Å². The number of benzene rings is 1. The van der Waals surface area contributed by atoms with Crippen molar-refractivity contribution in [1.82, 2.24) is 9.97 Å². The number of aromatic nitrogens is 2. The van der Waals surface area contributed by atoms with E-state index in [1.165, 1.54) is 25.6 Å². The minimum absolute atomic E-state index is 0.00246. The van der Waals surface area contributed by atoms with Gasteiger partial charge in [-0.15, -0.1) is 0 Å². The minimum atomic E-state index is -4.86. The third kappa shape index (κ3) is 4.72. The second kappa shape index (κ2) is 8.44. The number of rotatable bonds is 6. The molecule has 0 aliphatic carbocycles. The van der Waals surface area contributed by atoms with E-state index in [1.807, 2.05) is 0 Å². The zero-order valence-electron chi connectivity index (χ0n) is 16.1. The summed E-state index contributed by atoms with van der Waals surface area (Å²) in [5.41, 5.74) is 2.85. The largest absolute Gasteiger partial charge is 0.480 e. The zero-order chi connectivity index (χ0) is 22.8. The number of alkyl halides is 4. The maximum absolute atomic E-state index is 14.6. The van der Waals surface area contributed by atoms with Gasteiger partial charge in [0.2, 0.25) is 5.88 Å². The van der Waals surface area contributed by atoms with Gasteiger partial charge in [-0.3, -0.25) is 4.79 Å². The lowest BCUT2D eigenvalue weighted by atomic mass is 9.83. The van der Waals surface area contributed by atoms with Gasteiger partial charge in [0.05, 0.1) is 19.5 Å². The van der Waals surface area contributed by atoms with E-state index in [1.54, 1.807) is 0 Å². The van der Waals surface area contributed by atoms with Gasteiger partial charge in [-0.05, 0) is 17.7 Å². The van der Waals surface area contributed by atoms with Gasteiger partial charge in [-0.2, -0.15) is 13.2 Å². The lowest BCUT2D eigenvalue weighted by Gasteiger charge is -2.36. The molecule has 3 rings (SSSR count). The lowest BCUT2D eigenvalue weighted by molar-refractivity contribution is -0.209. The normalized spacial score (nSPS) is 21.2. The second-order valence-corrected chi connectivity index (χ2v) is 6.83. The van der Waals surface area contributed by atoms with Crippen LogP contribution in [0.25, 0.3) is 0 Å². The highest BCUT2D eigenvalue weighted by Crippen LogP contribution is 2.41. The topological polar surface area (TPSA) is 99.7 Å². The van der Waals surface area contributed by atoms with Crippen molar-refractivity contribution in [3.8, 4) is 5.88 Å². The van der Waals surface area contributed by atoms with E-state index in [0.717, 1.165) is 12.1 Å². The van der Waals surface area contributed by atoms with Crippen molar-refractivity contribution >= 4 is 11.8 Å². The number of halogens is 5. The van der Waals surface area contributed by atoms with E-state index in [4.69, 9.17) is 10.5 Å². The number of amidine groups is 1. The Bertz CT molecular complexity index is 997. The molecule has 31 heavy (non-hydrogen) atoms. The molecular weight excluding hydrogens is 427 g/mol. The highest BCUT2D eigenvalue weighted by molar-refractivity contribution is 5.95. The number of carbonyl (C=O) groups is 1. The number of carbonyl (C=O) groups excluding carboxylic acids is 1. The number of aliphatic imine (C=N–C) groups is 1. The van der Waals surface area contributed by atoms with E-state index in [0.29, 0.717) is 0 Å². The van der Waals surface area contributed by atoms with E-state index < -0.39 is 54.1 Å². The average molecular weight is 444 g/mol. The van der Waals surface area contributed by atoms with Crippen LogP contribution in [0.3, 0.4) is 0 Å². The van der Waals surface area contributed by atoms with Gasteiger partial charge in [0.25, 0.3) is 6.02 Å². The molecule has 1 aliphatic heterocycles. The Morgan fingerprint density at radius 2 is 2.06 bits per heavy atom. The van der Waals surface area contributed by atoms with Gasteiger partial charge in [-0.25, -0.2) is 23.7 Å². The number of ketones is 1. The number of nitrogens with zero attached hydrogens (tertiary/aromatic N) is 3. The Balaban J connectivity index is 1.93. The summed E-state index contributed by atoms with van der Waals surface area (Å²) >= 11 is 0. The molecule has 2 heterocycles. The van der Waals surface area contributed by atoms with Crippen molar-refractivity contribution in [2.24, 2.45) is 10.7 Å². The minimum Gasteiger partial charge on any atom is -0.480 e. The molecule has 1 aliphatic rings. The van der Waals surface area contributed by atoms with Crippen LogP contribution in [0.1, 0.15) is 28.0 Å². The first-order valence-corrected chi connectivity index (χ1v) is 8.91. The van der Waals surface area contributed by atoms with Gasteiger partial charge < -0.3 is 15.2 Å². The molecule has 166 valence electrons. The first-order valence-electron chi connectivity index (χ1n) is 8.91. The SMILES string of the molecule is COc1cnc(C(=O)Cc2ccc(F)c([C@]3(CF)C[C@@H](C(F)(F)F)OC(N)=N3)c2)cn1. The van der Waals surface area contributed by atoms with Crippen molar-refractivity contribution in [1.29, 1.82) is 0 Å². The van der Waals surface area contributed by atoms with Gasteiger partial charge >= 0.3 is 6.18 Å². The van der Waals surface area contributed by atoms with Crippen LogP contribution in [0.5, 0.6) is 5.88 Å². The summed E-state index contributed by atoms with van der Waals surface area (Å²) in [5.74, 6) is -1.29. The van der Waals surface area contributed by atoms with Crippen LogP contribution in [0.15, 0.2) is 35.6 Å². The van der Waals surface area contributed by atoms with Crippen LogP contribution in [-0.2, 0) is 16.7 Å². The summed E-state index contributed by atoms with van der Waals surface area (Å²) < 4.78 is 77.5. The van der Waals surface area contributed by atoms with Crippen LogP contribution in [0.4, 0.5) is 22.0 Å². The summed E-state index contributed by atoms with van der Waals surface area (Å²) in [6, 6.07) is 2.38. The number of ether oxygens (including phenoxy) is 2. The Morgan fingerprint density at radius 1 is 1.32 bits per heavy atom. The fraction of sp³-hybridized carbons (Fsp3) is 0.368. The molecular formula is C19H17F5N4O3. The fourth-order valence-electron chi connectivity index (χ4n) is 3.17. The van der Waals surface area contributed by atoms with Crippen LogP contribution >= 0.6 is 0 Å². The number of hydrogen-bond acceptors (Lipinski definition) is 7. The highest BCUT2D eigenvalue weighted by Gasteiger charge is 2.52. The Kier molecular flexibility index (Phi) is 6.09. The molecule has 2 atom stereocenters. The molecule has 0 amide bonds. The van der Waals surface area contributed by atoms with Crippen molar-refractivity contribution in [3.63, 3.8) is 0 Å². The number of nitrogens with two attached hydrogens (primary N) is 1. The molecule has 1 aromatic heterocycles. The summed E-state index contributed by atoms with van der Waals surface area (Å²) in [6.45, 7) is -1.46. The average Bonchev–Trinajstić information content (AvgIpc) is 2.74. The summed E-state index contributed by atoms with van der Waals surface area (Å²) in [5, 5.41) is 0. The lowest BCUT2D eigenvalue weighted by Crippen LogP contribution is -2.48. The third-order valence-corrected chi connectivity index (χ3v) is 4.72. The van der Waals surface area contributed by atoms with Crippen molar-refractivity contribution in [3.05, 3.63) is 53.2 Å². The van der Waals surface area contributed by atoms with Crippen LogP contribution in [0, 0.1) is 5.82 Å². The van der Waals surface area contributed by atoms with Gasteiger partial charge in [-0.1, -0.05) is 6.07 Å². The molecule has 0 radical (unpaired) electrons. The van der Waals surface area contributed by atoms with E-state index in [9.17, 15) is 26.7 Å². The molecule has 12 heteroatoms. The molecule has 0 spiro atoms. The van der Waals surface area contributed by atoms with Gasteiger partial charge in [0.1, 0.15) is 23.7 Å². The smallest absolute Gasteiger partial charge is 0.425 e.